The van der Waals surface area contributed by atoms with E-state index in [1.54, 1.807) is 7.11 Å². The number of ether oxygens (including phenoxy) is 1. The molecule has 0 aromatic rings. The predicted octanol–water partition coefficient (Wildman–Crippen LogP) is 1.84. The fraction of sp³-hybridized carbons (Fsp3) is 0.933. The van der Waals surface area contributed by atoms with Gasteiger partial charge in [-0.2, -0.15) is 0 Å². The molecule has 2 aliphatic rings. The zero-order chi connectivity index (χ0) is 13.9. The maximum absolute atomic E-state index is 12.2. The fourth-order valence-corrected chi connectivity index (χ4v) is 3.20. The molecule has 1 aliphatic heterocycles. The molecule has 2 rings (SSSR count). The smallest absolute Gasteiger partial charge is 0.237 e. The van der Waals surface area contributed by atoms with Crippen molar-refractivity contribution in [1.82, 2.24) is 10.6 Å². The number of hydrogen-bond acceptors (Lipinski definition) is 3. The van der Waals surface area contributed by atoms with Crippen LogP contribution in [0.15, 0.2) is 0 Å². The number of methoxy groups -OCH3 is 1. The van der Waals surface area contributed by atoms with E-state index >= 15 is 0 Å². The largest absolute Gasteiger partial charge is 0.377 e. The van der Waals surface area contributed by atoms with Crippen LogP contribution in [-0.4, -0.2) is 37.2 Å². The molecule has 1 saturated heterocycles. The van der Waals surface area contributed by atoms with Crippen LogP contribution >= 0.6 is 0 Å². The molecule has 0 radical (unpaired) electrons. The number of amides is 1. The molecule has 0 spiro atoms. The van der Waals surface area contributed by atoms with Crippen LogP contribution in [0.2, 0.25) is 0 Å². The predicted molar refractivity (Wildman–Crippen MR) is 76.0 cm³/mol. The van der Waals surface area contributed by atoms with Gasteiger partial charge in [-0.3, -0.25) is 4.79 Å². The monoisotopic (exact) mass is 268 g/mol. The first kappa shape index (κ1) is 14.8. The van der Waals surface area contributed by atoms with Gasteiger partial charge in [-0.25, -0.2) is 0 Å². The van der Waals surface area contributed by atoms with Crippen LogP contribution in [0.3, 0.4) is 0 Å². The van der Waals surface area contributed by atoms with E-state index in [0.717, 1.165) is 12.3 Å². The normalized spacial score (nSPS) is 31.6. The third-order valence-electron chi connectivity index (χ3n) is 4.71. The van der Waals surface area contributed by atoms with Crippen LogP contribution in [0.4, 0.5) is 0 Å². The Labute approximate surface area is 116 Å². The number of carbonyl (C=O) groups excluding carboxylic acids is 1. The number of nitrogens with one attached hydrogen (secondary N) is 2. The van der Waals surface area contributed by atoms with Crippen LogP contribution in [0.5, 0.6) is 0 Å². The highest BCUT2D eigenvalue weighted by molar-refractivity contribution is 5.81. The molecule has 2 fully saturated rings. The lowest BCUT2D eigenvalue weighted by Crippen LogP contribution is -2.56. The molecule has 0 bridgehead atoms. The summed E-state index contributed by atoms with van der Waals surface area (Å²) in [4.78, 5) is 12.2. The highest BCUT2D eigenvalue weighted by atomic mass is 16.5. The van der Waals surface area contributed by atoms with E-state index in [4.69, 9.17) is 4.74 Å². The van der Waals surface area contributed by atoms with E-state index in [9.17, 15) is 4.79 Å². The fourth-order valence-electron chi connectivity index (χ4n) is 3.20. The Morgan fingerprint density at radius 2 is 2.00 bits per heavy atom. The third kappa shape index (κ3) is 3.93. The molecular weight excluding hydrogens is 240 g/mol. The Bertz CT molecular complexity index is 317. The zero-order valence-electron chi connectivity index (χ0n) is 12.5. The maximum Gasteiger partial charge on any atom is 0.237 e. The molecule has 0 aromatic carbocycles. The Morgan fingerprint density at radius 3 is 2.74 bits per heavy atom. The number of hydrogen-bond donors (Lipinski definition) is 2. The highest BCUT2D eigenvalue weighted by Crippen LogP contribution is 2.32. The van der Waals surface area contributed by atoms with Crippen molar-refractivity contribution >= 4 is 5.91 Å². The number of fused-ring (bicyclic) bond motifs is 1. The molecule has 110 valence electrons. The minimum atomic E-state index is -0.294. The average molecular weight is 268 g/mol. The molecule has 0 aromatic heterocycles. The van der Waals surface area contributed by atoms with Gasteiger partial charge < -0.3 is 15.4 Å². The van der Waals surface area contributed by atoms with E-state index in [2.05, 4.69) is 10.6 Å². The Morgan fingerprint density at radius 1 is 1.26 bits per heavy atom. The SMILES string of the molecule is COC(C)(C)CNC(=O)C1CCC2CCCCC2N1. The summed E-state index contributed by atoms with van der Waals surface area (Å²) in [6.07, 6.45) is 7.41. The molecule has 4 heteroatoms. The van der Waals surface area contributed by atoms with Gasteiger partial charge in [0.25, 0.3) is 0 Å². The van der Waals surface area contributed by atoms with Gasteiger partial charge in [-0.05, 0) is 45.4 Å². The van der Waals surface area contributed by atoms with Gasteiger partial charge >= 0.3 is 0 Å². The second kappa shape index (κ2) is 6.23. The lowest BCUT2D eigenvalue weighted by Gasteiger charge is -2.40. The van der Waals surface area contributed by atoms with Crippen molar-refractivity contribution in [2.24, 2.45) is 5.92 Å². The summed E-state index contributed by atoms with van der Waals surface area (Å²) in [6, 6.07) is 0.556. The molecule has 1 saturated carbocycles. The van der Waals surface area contributed by atoms with Crippen molar-refractivity contribution in [3.63, 3.8) is 0 Å². The molecule has 3 atom stereocenters. The highest BCUT2D eigenvalue weighted by Gasteiger charge is 2.34. The molecular formula is C15H28N2O2. The standard InChI is InChI=1S/C15H28N2O2/c1-15(2,19-3)10-16-14(18)13-9-8-11-6-4-5-7-12(11)17-13/h11-13,17H,4-10H2,1-3H3,(H,16,18). The molecule has 2 N–H and O–H groups in total. The van der Waals surface area contributed by atoms with Gasteiger partial charge in [0.05, 0.1) is 11.6 Å². The van der Waals surface area contributed by atoms with Crippen molar-refractivity contribution in [3.05, 3.63) is 0 Å². The van der Waals surface area contributed by atoms with Gasteiger partial charge in [-0.1, -0.05) is 12.8 Å². The van der Waals surface area contributed by atoms with Crippen LogP contribution in [0, 0.1) is 5.92 Å². The van der Waals surface area contributed by atoms with Gasteiger partial charge in [0.2, 0.25) is 5.91 Å². The summed E-state index contributed by atoms with van der Waals surface area (Å²) in [5.41, 5.74) is -0.294. The third-order valence-corrected chi connectivity index (χ3v) is 4.71. The van der Waals surface area contributed by atoms with E-state index in [-0.39, 0.29) is 17.6 Å². The average Bonchev–Trinajstić information content (AvgIpc) is 2.44. The van der Waals surface area contributed by atoms with Crippen LogP contribution in [0.25, 0.3) is 0 Å². The Balaban J connectivity index is 1.80. The van der Waals surface area contributed by atoms with Gasteiger partial charge in [0.1, 0.15) is 0 Å². The lowest BCUT2D eigenvalue weighted by molar-refractivity contribution is -0.125. The molecule has 1 heterocycles. The van der Waals surface area contributed by atoms with E-state index in [1.165, 1.54) is 32.1 Å². The quantitative estimate of drug-likeness (QED) is 0.818. The van der Waals surface area contributed by atoms with Crippen molar-refractivity contribution in [2.75, 3.05) is 13.7 Å². The number of rotatable bonds is 4. The number of carbonyl (C=O) groups is 1. The molecule has 4 nitrogen and oxygen atoms in total. The second-order valence-corrected chi connectivity index (χ2v) is 6.63. The van der Waals surface area contributed by atoms with Gasteiger partial charge in [-0.15, -0.1) is 0 Å². The summed E-state index contributed by atoms with van der Waals surface area (Å²) in [7, 11) is 1.68. The topological polar surface area (TPSA) is 50.4 Å². The maximum atomic E-state index is 12.2. The first-order valence-electron chi connectivity index (χ1n) is 7.61. The van der Waals surface area contributed by atoms with Crippen molar-refractivity contribution < 1.29 is 9.53 Å². The van der Waals surface area contributed by atoms with Crippen molar-refractivity contribution in [1.29, 1.82) is 0 Å². The summed E-state index contributed by atoms with van der Waals surface area (Å²) in [6.45, 7) is 4.53. The Hall–Kier alpha value is -0.610. The summed E-state index contributed by atoms with van der Waals surface area (Å²) in [5.74, 6) is 0.933. The van der Waals surface area contributed by atoms with Crippen molar-refractivity contribution in [2.45, 2.75) is 70.1 Å². The molecule has 19 heavy (non-hydrogen) atoms. The van der Waals surface area contributed by atoms with Crippen LogP contribution in [-0.2, 0) is 9.53 Å². The minimum Gasteiger partial charge on any atom is -0.377 e. The van der Waals surface area contributed by atoms with E-state index < -0.39 is 0 Å². The molecule has 1 amide bonds. The first-order chi connectivity index (χ1) is 9.02. The van der Waals surface area contributed by atoms with Gasteiger partial charge in [0.15, 0.2) is 0 Å². The van der Waals surface area contributed by atoms with Crippen LogP contribution < -0.4 is 10.6 Å². The molecule has 1 aliphatic carbocycles. The summed E-state index contributed by atoms with van der Waals surface area (Å²) in [5, 5.41) is 6.57. The lowest BCUT2D eigenvalue weighted by atomic mass is 9.77. The minimum absolute atomic E-state index is 0.00740. The van der Waals surface area contributed by atoms with Gasteiger partial charge in [0, 0.05) is 19.7 Å². The number of piperidine rings is 1. The first-order valence-corrected chi connectivity index (χ1v) is 7.61. The van der Waals surface area contributed by atoms with Crippen molar-refractivity contribution in [3.8, 4) is 0 Å². The Kier molecular flexibility index (Phi) is 4.85. The van der Waals surface area contributed by atoms with E-state index in [1.807, 2.05) is 13.8 Å². The van der Waals surface area contributed by atoms with Crippen LogP contribution in [0.1, 0.15) is 52.4 Å². The zero-order valence-corrected chi connectivity index (χ0v) is 12.5. The summed E-state index contributed by atoms with van der Waals surface area (Å²) < 4.78 is 5.33. The second-order valence-electron chi connectivity index (χ2n) is 6.63. The molecule has 3 unspecified atom stereocenters. The summed E-state index contributed by atoms with van der Waals surface area (Å²) >= 11 is 0. The van der Waals surface area contributed by atoms with E-state index in [0.29, 0.717) is 12.6 Å².